The van der Waals surface area contributed by atoms with Crippen LogP contribution in [0.3, 0.4) is 0 Å². The average molecular weight is 587 g/mol. The number of hydrogen-bond donors (Lipinski definition) is 1. The summed E-state index contributed by atoms with van der Waals surface area (Å²) < 4.78 is 7.07. The molecule has 1 saturated carbocycles. The minimum atomic E-state index is -0.482. The van der Waals surface area contributed by atoms with E-state index in [1.54, 1.807) is 13.2 Å². The van der Waals surface area contributed by atoms with Crippen LogP contribution in [0.15, 0.2) is 75.2 Å². The molecule has 0 radical (unpaired) electrons. The highest BCUT2D eigenvalue weighted by Crippen LogP contribution is 2.35. The number of carbonyl (C=O) groups is 1. The van der Waals surface area contributed by atoms with Gasteiger partial charge >= 0.3 is 0 Å². The van der Waals surface area contributed by atoms with Crippen LogP contribution < -0.4 is 10.9 Å². The highest BCUT2D eigenvalue weighted by atomic mass is 32.2. The molecule has 42 heavy (non-hydrogen) atoms. The number of nitro benzene ring substituents is 1. The largest absolute Gasteiger partial charge is 0.464 e. The second-order valence-corrected chi connectivity index (χ2v) is 11.8. The molecular formula is C32H34N4O5S. The third-order valence-corrected chi connectivity index (χ3v) is 8.57. The molecule has 0 spiro atoms. The fourth-order valence-corrected chi connectivity index (χ4v) is 6.22. The molecule has 1 N–H and O–H groups in total. The van der Waals surface area contributed by atoms with Crippen LogP contribution >= 0.6 is 11.8 Å². The Kier molecular flexibility index (Phi) is 8.91. The molecule has 218 valence electrons. The lowest BCUT2D eigenvalue weighted by molar-refractivity contribution is -0.384. The number of nitrogens with zero attached hydrogens (tertiary/aromatic N) is 3. The summed E-state index contributed by atoms with van der Waals surface area (Å²) in [4.78, 5) is 42.7. The summed E-state index contributed by atoms with van der Waals surface area (Å²) in [5.74, 6) is 0.835. The summed E-state index contributed by atoms with van der Waals surface area (Å²) in [6.07, 6.45) is 6.97. The minimum absolute atomic E-state index is 0.0783. The molecule has 1 fully saturated rings. The van der Waals surface area contributed by atoms with Crippen LogP contribution in [-0.2, 0) is 4.79 Å². The summed E-state index contributed by atoms with van der Waals surface area (Å²) >= 11 is 1.18. The maximum Gasteiger partial charge on any atom is 0.269 e. The normalized spacial score (nSPS) is 13.8. The molecule has 2 aromatic carbocycles. The molecule has 1 amide bonds. The topological polar surface area (TPSA) is 120 Å². The van der Waals surface area contributed by atoms with Crippen molar-refractivity contribution < 1.29 is 14.1 Å². The van der Waals surface area contributed by atoms with E-state index in [1.165, 1.54) is 47.0 Å². The number of rotatable bonds is 9. The maximum atomic E-state index is 14.0. The molecule has 9 nitrogen and oxygen atoms in total. The van der Waals surface area contributed by atoms with Gasteiger partial charge in [-0.15, -0.1) is 0 Å². The van der Waals surface area contributed by atoms with Gasteiger partial charge in [0.25, 0.3) is 11.2 Å². The Morgan fingerprint density at radius 1 is 1.14 bits per heavy atom. The van der Waals surface area contributed by atoms with E-state index in [4.69, 9.17) is 9.40 Å². The average Bonchev–Trinajstić information content (AvgIpc) is 3.53. The van der Waals surface area contributed by atoms with Gasteiger partial charge in [-0.05, 0) is 61.6 Å². The van der Waals surface area contributed by atoms with E-state index >= 15 is 0 Å². The van der Waals surface area contributed by atoms with Crippen molar-refractivity contribution in [2.45, 2.75) is 70.0 Å². The van der Waals surface area contributed by atoms with Crippen LogP contribution in [0.4, 0.5) is 5.69 Å². The van der Waals surface area contributed by atoms with Crippen molar-refractivity contribution in [3.8, 4) is 28.3 Å². The number of benzene rings is 2. The van der Waals surface area contributed by atoms with Crippen LogP contribution in [0.5, 0.6) is 0 Å². The van der Waals surface area contributed by atoms with Gasteiger partial charge in [-0.1, -0.05) is 57.0 Å². The van der Waals surface area contributed by atoms with Crippen LogP contribution in [0.25, 0.3) is 28.3 Å². The number of nitrogens with one attached hydrogen (secondary N) is 1. The van der Waals surface area contributed by atoms with Crippen LogP contribution in [-0.4, -0.2) is 32.2 Å². The zero-order valence-electron chi connectivity index (χ0n) is 24.0. The van der Waals surface area contributed by atoms with Gasteiger partial charge in [0.2, 0.25) is 5.91 Å². The van der Waals surface area contributed by atoms with Crippen LogP contribution in [0, 0.1) is 17.0 Å². The number of aromatic nitrogens is 2. The molecule has 5 rings (SSSR count). The number of hydrogen-bond acceptors (Lipinski definition) is 7. The number of furan rings is 1. The van der Waals surface area contributed by atoms with Gasteiger partial charge in [0, 0.05) is 34.9 Å². The fourth-order valence-electron chi connectivity index (χ4n) is 5.40. The van der Waals surface area contributed by atoms with Crippen molar-refractivity contribution >= 4 is 23.4 Å². The quantitative estimate of drug-likeness (QED) is 0.0966. The first kappa shape index (κ1) is 29.3. The van der Waals surface area contributed by atoms with Crippen molar-refractivity contribution in [3.63, 3.8) is 0 Å². The third kappa shape index (κ3) is 6.33. The summed E-state index contributed by atoms with van der Waals surface area (Å²) in [6, 6.07) is 15.7. The second-order valence-electron chi connectivity index (χ2n) is 10.9. The SMILES string of the molecule is Cc1c(-c2cc(-c3ccco3)ccc2C(C)C)nc(SCC(=O)NC2CCCCC2)n(-c2ccc([N+](=O)[O-])cc2)c1=O. The number of carbonyl (C=O) groups excluding carboxylic acids is 1. The fraction of sp³-hybridized carbons (Fsp3) is 0.344. The van der Waals surface area contributed by atoms with E-state index in [1.807, 2.05) is 30.3 Å². The van der Waals surface area contributed by atoms with E-state index in [9.17, 15) is 19.7 Å². The van der Waals surface area contributed by atoms with Gasteiger partial charge in [-0.25, -0.2) is 4.98 Å². The van der Waals surface area contributed by atoms with Gasteiger partial charge < -0.3 is 9.73 Å². The first-order valence-electron chi connectivity index (χ1n) is 14.2. The first-order valence-corrected chi connectivity index (χ1v) is 15.2. The monoisotopic (exact) mass is 586 g/mol. The summed E-state index contributed by atoms with van der Waals surface area (Å²) in [5, 5.41) is 14.7. The highest BCUT2D eigenvalue weighted by molar-refractivity contribution is 7.99. The van der Waals surface area contributed by atoms with Crippen molar-refractivity contribution in [1.29, 1.82) is 0 Å². The number of thioether (sulfide) groups is 1. The van der Waals surface area contributed by atoms with E-state index in [0.717, 1.165) is 42.4 Å². The van der Waals surface area contributed by atoms with E-state index < -0.39 is 4.92 Å². The number of non-ortho nitro benzene ring substituents is 1. The summed E-state index contributed by atoms with van der Waals surface area (Å²) in [7, 11) is 0. The summed E-state index contributed by atoms with van der Waals surface area (Å²) in [6.45, 7) is 5.91. The Morgan fingerprint density at radius 3 is 2.52 bits per heavy atom. The van der Waals surface area contributed by atoms with Crippen molar-refractivity contribution in [2.24, 2.45) is 0 Å². The van der Waals surface area contributed by atoms with Crippen molar-refractivity contribution in [1.82, 2.24) is 14.9 Å². The van der Waals surface area contributed by atoms with Crippen molar-refractivity contribution in [3.05, 3.63) is 92.5 Å². The van der Waals surface area contributed by atoms with E-state index in [0.29, 0.717) is 27.9 Å². The summed E-state index contributed by atoms with van der Waals surface area (Å²) in [5.41, 5.74) is 3.73. The molecular weight excluding hydrogens is 552 g/mol. The lowest BCUT2D eigenvalue weighted by Gasteiger charge is -2.23. The second kappa shape index (κ2) is 12.8. The molecule has 4 aromatic rings. The third-order valence-electron chi connectivity index (χ3n) is 7.64. The predicted octanol–water partition coefficient (Wildman–Crippen LogP) is 7.04. The molecule has 2 aromatic heterocycles. The standard InChI is InChI=1S/C32H34N4O5S/c1-20(2)26-16-11-22(28-10-7-17-41-28)18-27(26)30-21(3)31(38)35(24-12-14-25(15-13-24)36(39)40)32(34-30)42-19-29(37)33-23-8-5-4-6-9-23/h7,10-18,20,23H,4-6,8-9,19H2,1-3H3,(H,33,37). The van der Waals surface area contributed by atoms with Gasteiger partial charge in [-0.3, -0.25) is 24.3 Å². The Hall–Kier alpha value is -4.18. The number of nitro groups is 1. The predicted molar refractivity (Wildman–Crippen MR) is 164 cm³/mol. The molecule has 1 aliphatic rings. The molecule has 10 heteroatoms. The highest BCUT2D eigenvalue weighted by Gasteiger charge is 2.22. The van der Waals surface area contributed by atoms with Crippen molar-refractivity contribution in [2.75, 3.05) is 5.75 Å². The molecule has 0 atom stereocenters. The Balaban J connectivity index is 1.60. The first-order chi connectivity index (χ1) is 20.2. The van der Waals surface area contributed by atoms with Crippen LogP contribution in [0.1, 0.15) is 63.0 Å². The van der Waals surface area contributed by atoms with Gasteiger partial charge in [0.05, 0.1) is 28.3 Å². The lowest BCUT2D eigenvalue weighted by Crippen LogP contribution is -2.37. The van der Waals surface area contributed by atoms with Crippen LogP contribution in [0.2, 0.25) is 0 Å². The molecule has 0 saturated heterocycles. The molecule has 1 aliphatic carbocycles. The minimum Gasteiger partial charge on any atom is -0.464 e. The Bertz CT molecular complexity index is 1640. The molecule has 0 bridgehead atoms. The molecule has 2 heterocycles. The smallest absolute Gasteiger partial charge is 0.269 e. The Labute approximate surface area is 248 Å². The zero-order chi connectivity index (χ0) is 29.8. The number of amides is 1. The van der Waals surface area contributed by atoms with E-state index in [2.05, 4.69) is 19.2 Å². The van der Waals surface area contributed by atoms with Gasteiger partial charge in [-0.2, -0.15) is 0 Å². The molecule has 0 aliphatic heterocycles. The zero-order valence-corrected chi connectivity index (χ0v) is 24.8. The van der Waals surface area contributed by atoms with Gasteiger partial charge in [0.1, 0.15) is 5.76 Å². The Morgan fingerprint density at radius 2 is 1.88 bits per heavy atom. The van der Waals surface area contributed by atoms with E-state index in [-0.39, 0.29) is 34.9 Å². The molecule has 0 unspecified atom stereocenters. The van der Waals surface area contributed by atoms with Gasteiger partial charge in [0.15, 0.2) is 5.16 Å². The lowest BCUT2D eigenvalue weighted by atomic mass is 9.91. The maximum absolute atomic E-state index is 14.0.